The van der Waals surface area contributed by atoms with Crippen molar-refractivity contribution in [2.24, 2.45) is 5.92 Å². The summed E-state index contributed by atoms with van der Waals surface area (Å²) in [6.45, 7) is 8.98. The van der Waals surface area contributed by atoms with E-state index in [1.165, 1.54) is 36.9 Å². The Bertz CT molecular complexity index is 588. The van der Waals surface area contributed by atoms with E-state index in [1.807, 2.05) is 12.1 Å². The minimum atomic E-state index is 0.204. The molecule has 2 aliphatic heterocycles. The van der Waals surface area contributed by atoms with Crippen LogP contribution in [0.5, 0.6) is 0 Å². The molecule has 0 saturated carbocycles. The van der Waals surface area contributed by atoms with Crippen molar-refractivity contribution >= 4 is 5.91 Å². The molecular weight excluding hydrogens is 324 g/mol. The monoisotopic (exact) mass is 358 g/mol. The second kappa shape index (κ2) is 9.01. The molecular formula is C22H34N2O2. The zero-order chi connectivity index (χ0) is 18.5. The molecule has 1 atom stereocenters. The standard InChI is InChI=1S/C22H34N2O2/c1-17-14-18(2)16-20(15-17)22(25)24-10-7-19(8-11-24)21-6-4-5-9-23(21)12-13-26-3/h14-16,19,21H,4-13H2,1-3H3. The maximum absolute atomic E-state index is 12.9. The molecule has 0 bridgehead atoms. The minimum Gasteiger partial charge on any atom is -0.383 e. The van der Waals surface area contributed by atoms with Gasteiger partial charge in [-0.15, -0.1) is 0 Å². The number of hydrogen-bond acceptors (Lipinski definition) is 3. The van der Waals surface area contributed by atoms with Gasteiger partial charge in [0.1, 0.15) is 0 Å². The van der Waals surface area contributed by atoms with E-state index in [0.717, 1.165) is 50.6 Å². The molecule has 3 rings (SSSR count). The molecule has 4 nitrogen and oxygen atoms in total. The zero-order valence-corrected chi connectivity index (χ0v) is 16.7. The molecule has 2 saturated heterocycles. The summed E-state index contributed by atoms with van der Waals surface area (Å²) < 4.78 is 5.30. The molecule has 1 aromatic carbocycles. The molecule has 1 aromatic rings. The molecule has 1 amide bonds. The number of hydrogen-bond donors (Lipinski definition) is 0. The largest absolute Gasteiger partial charge is 0.383 e. The predicted octanol–water partition coefficient (Wildman–Crippen LogP) is 3.66. The summed E-state index contributed by atoms with van der Waals surface area (Å²) in [5.74, 6) is 0.922. The van der Waals surface area contributed by atoms with E-state index in [4.69, 9.17) is 4.74 Å². The summed E-state index contributed by atoms with van der Waals surface area (Å²) in [4.78, 5) is 17.6. The number of carbonyl (C=O) groups excluding carboxylic acids is 1. The number of aryl methyl sites for hydroxylation is 2. The minimum absolute atomic E-state index is 0.204. The summed E-state index contributed by atoms with van der Waals surface area (Å²) in [7, 11) is 1.79. The topological polar surface area (TPSA) is 32.8 Å². The summed E-state index contributed by atoms with van der Waals surface area (Å²) in [5, 5.41) is 0. The van der Waals surface area contributed by atoms with E-state index < -0.39 is 0 Å². The highest BCUT2D eigenvalue weighted by Crippen LogP contribution is 2.31. The van der Waals surface area contributed by atoms with Crippen molar-refractivity contribution in [2.45, 2.75) is 52.0 Å². The molecule has 144 valence electrons. The number of nitrogens with zero attached hydrogens (tertiary/aromatic N) is 2. The number of ether oxygens (including phenoxy) is 1. The lowest BCUT2D eigenvalue weighted by atomic mass is 9.83. The highest BCUT2D eigenvalue weighted by Gasteiger charge is 2.33. The van der Waals surface area contributed by atoms with E-state index >= 15 is 0 Å². The molecule has 1 unspecified atom stereocenters. The fourth-order valence-corrected chi connectivity index (χ4v) is 4.80. The number of piperidine rings is 2. The molecule has 0 aliphatic carbocycles. The highest BCUT2D eigenvalue weighted by molar-refractivity contribution is 5.94. The third-order valence-electron chi connectivity index (χ3n) is 6.09. The second-order valence-corrected chi connectivity index (χ2v) is 8.10. The summed E-state index contributed by atoms with van der Waals surface area (Å²) in [5.41, 5.74) is 3.18. The first kappa shape index (κ1) is 19.4. The van der Waals surface area contributed by atoms with Crippen LogP contribution >= 0.6 is 0 Å². The summed E-state index contributed by atoms with van der Waals surface area (Å²) in [6.07, 6.45) is 6.22. The Morgan fingerprint density at radius 2 is 1.73 bits per heavy atom. The van der Waals surface area contributed by atoms with Gasteiger partial charge in [0.25, 0.3) is 5.91 Å². The van der Waals surface area contributed by atoms with Gasteiger partial charge in [-0.3, -0.25) is 9.69 Å². The molecule has 26 heavy (non-hydrogen) atoms. The van der Waals surface area contributed by atoms with Gasteiger partial charge in [0.05, 0.1) is 6.61 Å². The van der Waals surface area contributed by atoms with Gasteiger partial charge < -0.3 is 9.64 Å². The average molecular weight is 359 g/mol. The lowest BCUT2D eigenvalue weighted by Gasteiger charge is -2.43. The summed E-state index contributed by atoms with van der Waals surface area (Å²) in [6, 6.07) is 6.85. The van der Waals surface area contributed by atoms with Crippen molar-refractivity contribution in [3.8, 4) is 0 Å². The van der Waals surface area contributed by atoms with Crippen LogP contribution in [0.4, 0.5) is 0 Å². The van der Waals surface area contributed by atoms with Crippen LogP contribution in [0.15, 0.2) is 18.2 Å². The first-order valence-corrected chi connectivity index (χ1v) is 10.2. The molecule has 0 N–H and O–H groups in total. The van der Waals surface area contributed by atoms with Gasteiger partial charge in [0.15, 0.2) is 0 Å². The molecule has 2 fully saturated rings. The Morgan fingerprint density at radius 3 is 2.38 bits per heavy atom. The third-order valence-corrected chi connectivity index (χ3v) is 6.09. The fourth-order valence-electron chi connectivity index (χ4n) is 4.80. The zero-order valence-electron chi connectivity index (χ0n) is 16.7. The van der Waals surface area contributed by atoms with Crippen molar-refractivity contribution in [3.05, 3.63) is 34.9 Å². The van der Waals surface area contributed by atoms with Gasteiger partial charge in [-0.25, -0.2) is 0 Å². The van der Waals surface area contributed by atoms with Gasteiger partial charge in [0, 0.05) is 38.3 Å². The van der Waals surface area contributed by atoms with E-state index in [1.54, 1.807) is 7.11 Å². The number of methoxy groups -OCH3 is 1. The Kier molecular flexibility index (Phi) is 6.71. The quantitative estimate of drug-likeness (QED) is 0.805. The van der Waals surface area contributed by atoms with Crippen LogP contribution in [0.1, 0.15) is 53.6 Å². The van der Waals surface area contributed by atoms with Crippen LogP contribution in [0, 0.1) is 19.8 Å². The number of rotatable bonds is 5. The van der Waals surface area contributed by atoms with Crippen molar-refractivity contribution < 1.29 is 9.53 Å². The molecule has 0 spiro atoms. The number of likely N-dealkylation sites (tertiary alicyclic amines) is 2. The van der Waals surface area contributed by atoms with E-state index in [9.17, 15) is 4.79 Å². The highest BCUT2D eigenvalue weighted by atomic mass is 16.5. The molecule has 0 aromatic heterocycles. The smallest absolute Gasteiger partial charge is 0.253 e. The van der Waals surface area contributed by atoms with Crippen LogP contribution in [-0.2, 0) is 4.74 Å². The Balaban J connectivity index is 1.58. The van der Waals surface area contributed by atoms with Crippen molar-refractivity contribution in [1.29, 1.82) is 0 Å². The lowest BCUT2D eigenvalue weighted by molar-refractivity contribution is 0.0374. The van der Waals surface area contributed by atoms with Crippen molar-refractivity contribution in [1.82, 2.24) is 9.80 Å². The van der Waals surface area contributed by atoms with E-state index in [0.29, 0.717) is 6.04 Å². The molecule has 2 heterocycles. The van der Waals surface area contributed by atoms with Crippen LogP contribution in [-0.4, -0.2) is 61.6 Å². The Morgan fingerprint density at radius 1 is 1.04 bits per heavy atom. The lowest BCUT2D eigenvalue weighted by Crippen LogP contribution is -2.49. The second-order valence-electron chi connectivity index (χ2n) is 8.10. The maximum Gasteiger partial charge on any atom is 0.253 e. The van der Waals surface area contributed by atoms with Gasteiger partial charge >= 0.3 is 0 Å². The van der Waals surface area contributed by atoms with E-state index in [2.05, 4.69) is 29.7 Å². The van der Waals surface area contributed by atoms with Crippen LogP contribution in [0.2, 0.25) is 0 Å². The van der Waals surface area contributed by atoms with Gasteiger partial charge in [-0.2, -0.15) is 0 Å². The fraction of sp³-hybridized carbons (Fsp3) is 0.682. The van der Waals surface area contributed by atoms with E-state index in [-0.39, 0.29) is 5.91 Å². The normalized spacial score (nSPS) is 22.6. The van der Waals surface area contributed by atoms with Gasteiger partial charge in [-0.1, -0.05) is 23.6 Å². The Labute approximate surface area is 158 Å². The maximum atomic E-state index is 12.9. The third kappa shape index (κ3) is 4.66. The molecule has 2 aliphatic rings. The average Bonchev–Trinajstić information content (AvgIpc) is 2.65. The van der Waals surface area contributed by atoms with Crippen LogP contribution in [0.25, 0.3) is 0 Å². The number of benzene rings is 1. The first-order chi connectivity index (χ1) is 12.6. The Hall–Kier alpha value is -1.39. The van der Waals surface area contributed by atoms with Crippen LogP contribution < -0.4 is 0 Å². The van der Waals surface area contributed by atoms with Crippen LogP contribution in [0.3, 0.4) is 0 Å². The van der Waals surface area contributed by atoms with Gasteiger partial charge in [0.2, 0.25) is 0 Å². The molecule has 0 radical (unpaired) electrons. The number of amides is 1. The predicted molar refractivity (Wildman–Crippen MR) is 106 cm³/mol. The van der Waals surface area contributed by atoms with Crippen molar-refractivity contribution in [3.63, 3.8) is 0 Å². The van der Waals surface area contributed by atoms with Crippen molar-refractivity contribution in [2.75, 3.05) is 39.9 Å². The SMILES string of the molecule is COCCN1CCCCC1C1CCN(C(=O)c2cc(C)cc(C)c2)CC1. The number of carbonyl (C=O) groups is 1. The first-order valence-electron chi connectivity index (χ1n) is 10.2. The van der Waals surface area contributed by atoms with Gasteiger partial charge in [-0.05, 0) is 64.1 Å². The summed E-state index contributed by atoms with van der Waals surface area (Å²) >= 11 is 0. The molecule has 4 heteroatoms.